The van der Waals surface area contributed by atoms with Gasteiger partial charge in [0, 0.05) is 21.1 Å². The van der Waals surface area contributed by atoms with Crippen molar-refractivity contribution >= 4 is 14.2 Å². The molecule has 1 N–H and O–H groups in total. The van der Waals surface area contributed by atoms with Crippen molar-refractivity contribution in [3.05, 3.63) is 77.6 Å². The fraction of sp³-hybridized carbons (Fsp3) is 0.391. The minimum absolute atomic E-state index is 0.190. The molecule has 0 aliphatic carbocycles. The van der Waals surface area contributed by atoms with Crippen LogP contribution in [-0.2, 0) is 29.2 Å². The number of amides is 1. The number of carbonyl (C=O) groups excluding carboxylic acids is 1. The van der Waals surface area contributed by atoms with Crippen molar-refractivity contribution in [3.8, 4) is 0 Å². The second-order valence-corrected chi connectivity index (χ2v) is 14.5. The van der Waals surface area contributed by atoms with Crippen LogP contribution in [-0.4, -0.2) is 41.0 Å². The van der Waals surface area contributed by atoms with E-state index in [2.05, 4.69) is 40.5 Å². The second kappa shape index (κ2) is 11.5. The van der Waals surface area contributed by atoms with E-state index in [-0.39, 0.29) is 13.3 Å². The first-order valence-electron chi connectivity index (χ1n) is 10.8. The number of carbonyl (C=O) groups is 1. The van der Waals surface area contributed by atoms with Gasteiger partial charge in [0.2, 0.25) is 0 Å². The van der Waals surface area contributed by atoms with Gasteiger partial charge in [-0.15, -0.1) is 5.10 Å². The third-order valence-corrected chi connectivity index (χ3v) is 6.57. The van der Waals surface area contributed by atoms with Crippen molar-refractivity contribution in [2.45, 2.75) is 51.5 Å². The molecule has 1 unspecified atom stereocenters. The largest absolute Gasteiger partial charge is 0.445 e. The lowest BCUT2D eigenvalue weighted by molar-refractivity contribution is 0.0731. The number of hydrogen-bond donors (Lipinski definition) is 1. The zero-order valence-electron chi connectivity index (χ0n) is 18.9. The summed E-state index contributed by atoms with van der Waals surface area (Å²) in [6.07, 6.45) is 0.000272. The fourth-order valence-corrected chi connectivity index (χ4v) is 3.80. The highest BCUT2D eigenvalue weighted by molar-refractivity contribution is 6.76. The molecule has 1 amide bonds. The van der Waals surface area contributed by atoms with Gasteiger partial charge in [0.15, 0.2) is 5.82 Å². The summed E-state index contributed by atoms with van der Waals surface area (Å²) in [7, 11) is -1.18. The third-order valence-electron chi connectivity index (χ3n) is 4.87. The predicted molar refractivity (Wildman–Crippen MR) is 125 cm³/mol. The van der Waals surface area contributed by atoms with Gasteiger partial charge in [-0.25, -0.2) is 9.48 Å². The molecule has 1 heterocycles. The molecule has 1 atom stereocenters. The summed E-state index contributed by atoms with van der Waals surface area (Å²) < 4.78 is 12.8. The Morgan fingerprint density at radius 3 is 2.34 bits per heavy atom. The van der Waals surface area contributed by atoms with Gasteiger partial charge in [-0.2, -0.15) is 0 Å². The molecule has 2 aromatic carbocycles. The molecule has 0 aliphatic rings. The highest BCUT2D eigenvalue weighted by atomic mass is 28.3. The van der Waals surface area contributed by atoms with E-state index in [9.17, 15) is 4.79 Å². The van der Waals surface area contributed by atoms with Crippen molar-refractivity contribution < 1.29 is 14.3 Å². The van der Waals surface area contributed by atoms with Crippen molar-refractivity contribution in [2.24, 2.45) is 0 Å². The number of alkyl carbamates (subject to hydrolysis) is 1. The molecule has 8 nitrogen and oxygen atoms in total. The van der Waals surface area contributed by atoms with E-state index >= 15 is 0 Å². The van der Waals surface area contributed by atoms with Crippen LogP contribution in [0.5, 0.6) is 0 Å². The number of nitrogens with one attached hydrogen (secondary N) is 1. The molecule has 32 heavy (non-hydrogen) atoms. The number of nitrogens with zero attached hydrogens (tertiary/aromatic N) is 4. The Kier molecular flexibility index (Phi) is 8.52. The van der Waals surface area contributed by atoms with Crippen molar-refractivity contribution in [3.63, 3.8) is 0 Å². The van der Waals surface area contributed by atoms with E-state index in [0.29, 0.717) is 18.9 Å². The lowest BCUT2D eigenvalue weighted by Gasteiger charge is -2.19. The van der Waals surface area contributed by atoms with Crippen LogP contribution in [0.25, 0.3) is 0 Å². The zero-order chi connectivity index (χ0) is 22.8. The molecule has 0 bridgehead atoms. The summed E-state index contributed by atoms with van der Waals surface area (Å²) >= 11 is 0. The predicted octanol–water partition coefficient (Wildman–Crippen LogP) is 4.20. The second-order valence-electron chi connectivity index (χ2n) is 8.83. The van der Waals surface area contributed by atoms with Gasteiger partial charge in [-0.05, 0) is 27.6 Å². The lowest BCUT2D eigenvalue weighted by atomic mass is 10.1. The Bertz CT molecular complexity index is 961. The zero-order valence-corrected chi connectivity index (χ0v) is 19.9. The Labute approximate surface area is 189 Å². The number of rotatable bonds is 11. The highest BCUT2D eigenvalue weighted by Crippen LogP contribution is 2.17. The first-order chi connectivity index (χ1) is 15.4. The van der Waals surface area contributed by atoms with E-state index in [1.165, 1.54) is 0 Å². The fourth-order valence-electron chi connectivity index (χ4n) is 3.05. The molecular weight excluding hydrogens is 422 g/mol. The summed E-state index contributed by atoms with van der Waals surface area (Å²) in [6, 6.07) is 20.0. The minimum Gasteiger partial charge on any atom is -0.445 e. The number of ether oxygens (including phenoxy) is 2. The molecule has 0 spiro atoms. The summed E-state index contributed by atoms with van der Waals surface area (Å²) in [6.45, 7) is 8.00. The summed E-state index contributed by atoms with van der Waals surface area (Å²) in [5.74, 6) is 0.526. The number of aromatic nitrogens is 4. The van der Waals surface area contributed by atoms with Gasteiger partial charge in [0.05, 0.1) is 6.04 Å². The molecule has 3 rings (SSSR count). The Morgan fingerprint density at radius 2 is 1.69 bits per heavy atom. The van der Waals surface area contributed by atoms with Crippen molar-refractivity contribution in [1.82, 2.24) is 25.5 Å². The van der Waals surface area contributed by atoms with Crippen LogP contribution in [0.2, 0.25) is 25.7 Å². The van der Waals surface area contributed by atoms with Crippen LogP contribution >= 0.6 is 0 Å². The topological polar surface area (TPSA) is 91.2 Å². The van der Waals surface area contributed by atoms with Crippen LogP contribution in [0.15, 0.2) is 60.7 Å². The standard InChI is InChI=1S/C23H31N5O3Si/c1-32(2,3)15-14-30-18-28-22(25-26-27-28)21(16-19-10-6-4-7-11-19)24-23(29)31-17-20-12-8-5-9-13-20/h4-13,21H,14-18H2,1-3H3,(H,24,29). The lowest BCUT2D eigenvalue weighted by Crippen LogP contribution is -2.33. The van der Waals surface area contributed by atoms with E-state index < -0.39 is 20.2 Å². The van der Waals surface area contributed by atoms with E-state index in [4.69, 9.17) is 9.47 Å². The molecule has 0 aliphatic heterocycles. The Morgan fingerprint density at radius 1 is 1.03 bits per heavy atom. The van der Waals surface area contributed by atoms with Gasteiger partial charge in [0.25, 0.3) is 0 Å². The summed E-state index contributed by atoms with van der Waals surface area (Å²) in [4.78, 5) is 12.6. The highest BCUT2D eigenvalue weighted by Gasteiger charge is 2.23. The normalized spacial score (nSPS) is 12.3. The van der Waals surface area contributed by atoms with Crippen LogP contribution in [0.1, 0.15) is 23.0 Å². The van der Waals surface area contributed by atoms with Crippen LogP contribution in [0, 0.1) is 0 Å². The maximum atomic E-state index is 12.6. The smallest absolute Gasteiger partial charge is 0.408 e. The molecule has 3 aromatic rings. The molecule has 170 valence electrons. The molecule has 0 radical (unpaired) electrons. The first-order valence-corrected chi connectivity index (χ1v) is 14.5. The molecule has 0 saturated carbocycles. The first kappa shape index (κ1) is 23.6. The molecular formula is C23H31N5O3Si. The Hall–Kier alpha value is -3.04. The van der Waals surface area contributed by atoms with Crippen molar-refractivity contribution in [1.29, 1.82) is 0 Å². The third kappa shape index (κ3) is 7.90. The molecule has 1 aromatic heterocycles. The van der Waals surface area contributed by atoms with Crippen LogP contribution in [0.3, 0.4) is 0 Å². The van der Waals surface area contributed by atoms with Gasteiger partial charge < -0.3 is 14.8 Å². The quantitative estimate of drug-likeness (QED) is 0.346. The van der Waals surface area contributed by atoms with Gasteiger partial charge in [0.1, 0.15) is 13.3 Å². The number of hydrogen-bond acceptors (Lipinski definition) is 6. The van der Waals surface area contributed by atoms with Gasteiger partial charge >= 0.3 is 6.09 Å². The summed E-state index contributed by atoms with van der Waals surface area (Å²) in [5.41, 5.74) is 1.97. The minimum atomic E-state index is -1.18. The number of benzene rings is 2. The van der Waals surface area contributed by atoms with Gasteiger partial charge in [-0.3, -0.25) is 0 Å². The average molecular weight is 454 g/mol. The van der Waals surface area contributed by atoms with Gasteiger partial charge in [-0.1, -0.05) is 80.3 Å². The van der Waals surface area contributed by atoms with E-state index in [1.807, 2.05) is 60.7 Å². The summed E-state index contributed by atoms with van der Waals surface area (Å²) in [5, 5.41) is 15.0. The molecule has 0 saturated heterocycles. The van der Waals surface area contributed by atoms with E-state index in [1.54, 1.807) is 4.68 Å². The number of tetrazole rings is 1. The monoisotopic (exact) mass is 453 g/mol. The van der Waals surface area contributed by atoms with Crippen LogP contribution in [0.4, 0.5) is 4.79 Å². The van der Waals surface area contributed by atoms with E-state index in [0.717, 1.165) is 17.2 Å². The average Bonchev–Trinajstić information content (AvgIpc) is 3.24. The maximum Gasteiger partial charge on any atom is 0.408 e. The molecule has 9 heteroatoms. The molecule has 0 fully saturated rings. The SMILES string of the molecule is C[Si](C)(C)CCOCn1nnnc1C(Cc1ccccc1)NC(=O)OCc1ccccc1. The maximum absolute atomic E-state index is 12.6. The van der Waals surface area contributed by atoms with Crippen molar-refractivity contribution in [2.75, 3.05) is 6.61 Å². The van der Waals surface area contributed by atoms with Crippen LogP contribution < -0.4 is 5.32 Å². The Balaban J connectivity index is 1.66.